The van der Waals surface area contributed by atoms with Crippen molar-refractivity contribution in [1.29, 1.82) is 0 Å². The zero-order valence-electron chi connectivity index (χ0n) is 13.6. The Morgan fingerprint density at radius 3 is 2.50 bits per heavy atom. The number of nitrogens with zero attached hydrogens (tertiary/aromatic N) is 2. The van der Waals surface area contributed by atoms with Crippen molar-refractivity contribution < 1.29 is 14.3 Å². The summed E-state index contributed by atoms with van der Waals surface area (Å²) in [5.41, 5.74) is 6.20. The van der Waals surface area contributed by atoms with Crippen LogP contribution in [0.2, 0.25) is 0 Å². The molecule has 0 fully saturated rings. The van der Waals surface area contributed by atoms with E-state index in [1.807, 2.05) is 6.07 Å². The summed E-state index contributed by atoms with van der Waals surface area (Å²) in [5, 5.41) is 4.25. The second-order valence-corrected chi connectivity index (χ2v) is 5.14. The molecular formula is C17H19N3O4. The molecule has 7 nitrogen and oxygen atoms in total. The van der Waals surface area contributed by atoms with Gasteiger partial charge in [0.05, 0.1) is 25.1 Å². The van der Waals surface area contributed by atoms with Crippen LogP contribution in [0.4, 0.5) is 5.69 Å². The Morgan fingerprint density at radius 2 is 1.92 bits per heavy atom. The molecule has 126 valence electrons. The minimum absolute atomic E-state index is 0.00612. The smallest absolute Gasteiger partial charge is 0.307 e. The molecule has 7 heteroatoms. The van der Waals surface area contributed by atoms with E-state index in [1.54, 1.807) is 31.2 Å². The van der Waals surface area contributed by atoms with Crippen molar-refractivity contribution in [2.45, 2.75) is 26.8 Å². The first-order valence-corrected chi connectivity index (χ1v) is 7.58. The fourth-order valence-corrected chi connectivity index (χ4v) is 2.33. The lowest BCUT2D eigenvalue weighted by atomic mass is 10.0. The number of ether oxygens (including phenoxy) is 1. The van der Waals surface area contributed by atoms with Crippen LogP contribution in [0.3, 0.4) is 0 Å². The van der Waals surface area contributed by atoms with Gasteiger partial charge in [0.2, 0.25) is 0 Å². The van der Waals surface area contributed by atoms with Gasteiger partial charge in [-0.2, -0.15) is 5.10 Å². The van der Waals surface area contributed by atoms with Gasteiger partial charge in [-0.25, -0.2) is 4.68 Å². The van der Waals surface area contributed by atoms with Gasteiger partial charge in [-0.3, -0.25) is 14.4 Å². The molecule has 0 saturated carbocycles. The lowest BCUT2D eigenvalue weighted by Gasteiger charge is -2.13. The van der Waals surface area contributed by atoms with Crippen LogP contribution in [0, 0.1) is 0 Å². The third kappa shape index (κ3) is 3.68. The van der Waals surface area contributed by atoms with Crippen LogP contribution in [0.25, 0.3) is 11.3 Å². The van der Waals surface area contributed by atoms with Crippen LogP contribution < -0.4 is 11.3 Å². The zero-order chi connectivity index (χ0) is 17.7. The number of benzene rings is 1. The number of aryl methyl sites for hydroxylation is 1. The van der Waals surface area contributed by atoms with Crippen LogP contribution in [0.15, 0.2) is 35.1 Å². The van der Waals surface area contributed by atoms with Crippen LogP contribution >= 0.6 is 0 Å². The molecule has 0 aliphatic heterocycles. The van der Waals surface area contributed by atoms with E-state index in [0.29, 0.717) is 11.3 Å². The lowest BCUT2D eigenvalue weighted by Crippen LogP contribution is -2.30. The van der Waals surface area contributed by atoms with Crippen molar-refractivity contribution in [3.63, 3.8) is 0 Å². The molecule has 0 saturated heterocycles. The van der Waals surface area contributed by atoms with Crippen molar-refractivity contribution in [2.24, 2.45) is 0 Å². The zero-order valence-corrected chi connectivity index (χ0v) is 13.6. The van der Waals surface area contributed by atoms with Gasteiger partial charge >= 0.3 is 5.97 Å². The van der Waals surface area contributed by atoms with Crippen molar-refractivity contribution in [2.75, 3.05) is 12.3 Å². The maximum absolute atomic E-state index is 12.3. The van der Waals surface area contributed by atoms with Crippen LogP contribution in [-0.2, 0) is 16.1 Å². The minimum atomic E-state index is -0.593. The lowest BCUT2D eigenvalue weighted by molar-refractivity contribution is -0.143. The van der Waals surface area contributed by atoms with Crippen molar-refractivity contribution >= 4 is 17.4 Å². The van der Waals surface area contributed by atoms with Gasteiger partial charge in [0, 0.05) is 5.56 Å². The number of aromatic nitrogens is 2. The molecule has 2 N–H and O–H groups in total. The molecule has 0 radical (unpaired) electrons. The summed E-state index contributed by atoms with van der Waals surface area (Å²) in [7, 11) is 0. The molecule has 0 bridgehead atoms. The van der Waals surface area contributed by atoms with E-state index >= 15 is 0 Å². The number of hydrogen-bond acceptors (Lipinski definition) is 6. The van der Waals surface area contributed by atoms with E-state index in [4.69, 9.17) is 10.5 Å². The molecule has 2 aromatic rings. The summed E-state index contributed by atoms with van der Waals surface area (Å²) in [6.07, 6.45) is -0.00612. The average molecular weight is 329 g/mol. The van der Waals surface area contributed by atoms with Gasteiger partial charge in [0.15, 0.2) is 5.78 Å². The van der Waals surface area contributed by atoms with Gasteiger partial charge in [-0.05, 0) is 13.8 Å². The fraction of sp³-hybridized carbons (Fsp3) is 0.294. The Bertz CT molecular complexity index is 813. The Morgan fingerprint density at radius 1 is 1.25 bits per heavy atom. The molecule has 24 heavy (non-hydrogen) atoms. The quantitative estimate of drug-likeness (QED) is 0.638. The van der Waals surface area contributed by atoms with Crippen LogP contribution in [0.1, 0.15) is 30.6 Å². The number of anilines is 1. The summed E-state index contributed by atoms with van der Waals surface area (Å²) in [6, 6.07) is 8.97. The Hall–Kier alpha value is -2.96. The number of esters is 1. The topological polar surface area (TPSA) is 104 Å². The van der Waals surface area contributed by atoms with Crippen LogP contribution in [0.5, 0.6) is 0 Å². The number of rotatable bonds is 6. The molecular weight excluding hydrogens is 310 g/mol. The van der Waals surface area contributed by atoms with Gasteiger partial charge < -0.3 is 10.5 Å². The van der Waals surface area contributed by atoms with Gasteiger partial charge in [0.1, 0.15) is 11.4 Å². The van der Waals surface area contributed by atoms with Crippen LogP contribution in [-0.4, -0.2) is 28.1 Å². The number of ketones is 1. The number of carbonyl (C=O) groups is 2. The number of hydrogen-bond donors (Lipinski definition) is 1. The SMILES string of the molecule is CCOC(=O)CCn1nc(-c2ccccc2)c(C(C)=O)c(N)c1=O. The number of nitrogens with two attached hydrogens (primary N) is 1. The highest BCUT2D eigenvalue weighted by atomic mass is 16.5. The van der Waals surface area contributed by atoms with Gasteiger partial charge in [0.25, 0.3) is 5.56 Å². The molecule has 1 heterocycles. The van der Waals surface area contributed by atoms with Gasteiger partial charge in [-0.1, -0.05) is 30.3 Å². The third-order valence-electron chi connectivity index (χ3n) is 3.42. The molecule has 0 aliphatic rings. The highest BCUT2D eigenvalue weighted by molar-refractivity contribution is 6.04. The molecule has 0 unspecified atom stereocenters. The predicted molar refractivity (Wildman–Crippen MR) is 89.6 cm³/mol. The van der Waals surface area contributed by atoms with E-state index in [1.165, 1.54) is 6.92 Å². The largest absolute Gasteiger partial charge is 0.466 e. The predicted octanol–water partition coefficient (Wildman–Crippen LogP) is 1.65. The fourth-order valence-electron chi connectivity index (χ4n) is 2.33. The summed E-state index contributed by atoms with van der Waals surface area (Å²) in [5.74, 6) is -0.768. The van der Waals surface area contributed by atoms with E-state index in [9.17, 15) is 14.4 Å². The van der Waals surface area contributed by atoms with Gasteiger partial charge in [-0.15, -0.1) is 0 Å². The Labute approximate surface area is 139 Å². The Balaban J connectivity index is 2.51. The van der Waals surface area contributed by atoms with Crippen molar-refractivity contribution in [1.82, 2.24) is 9.78 Å². The maximum Gasteiger partial charge on any atom is 0.307 e. The normalized spacial score (nSPS) is 10.4. The molecule has 1 aromatic heterocycles. The first-order valence-electron chi connectivity index (χ1n) is 7.58. The van der Waals surface area contributed by atoms with Crippen molar-refractivity contribution in [3.05, 3.63) is 46.2 Å². The number of nitrogen functional groups attached to an aromatic ring is 1. The van der Waals surface area contributed by atoms with E-state index in [-0.39, 0.29) is 36.6 Å². The Kier molecular flexibility index (Phi) is 5.47. The highest BCUT2D eigenvalue weighted by Crippen LogP contribution is 2.23. The molecule has 0 amide bonds. The molecule has 1 aromatic carbocycles. The monoisotopic (exact) mass is 329 g/mol. The summed E-state index contributed by atoms with van der Waals surface area (Å²) >= 11 is 0. The van der Waals surface area contributed by atoms with E-state index < -0.39 is 11.5 Å². The van der Waals surface area contributed by atoms with E-state index in [2.05, 4.69) is 5.10 Å². The standard InChI is InChI=1S/C17H19N3O4/c1-3-24-13(22)9-10-20-17(23)15(18)14(11(2)21)16(19-20)12-7-5-4-6-8-12/h4-8H,3,9-10,18H2,1-2H3. The van der Waals surface area contributed by atoms with E-state index in [0.717, 1.165) is 4.68 Å². The van der Waals surface area contributed by atoms with Crippen molar-refractivity contribution in [3.8, 4) is 11.3 Å². The first kappa shape index (κ1) is 17.4. The minimum Gasteiger partial charge on any atom is -0.466 e. The second-order valence-electron chi connectivity index (χ2n) is 5.14. The molecule has 0 spiro atoms. The summed E-state index contributed by atoms with van der Waals surface area (Å²) in [4.78, 5) is 35.7. The summed E-state index contributed by atoms with van der Waals surface area (Å²) < 4.78 is 5.94. The maximum atomic E-state index is 12.3. The molecule has 0 aliphatic carbocycles. The summed E-state index contributed by atoms with van der Waals surface area (Å²) in [6.45, 7) is 3.33. The number of carbonyl (C=O) groups excluding carboxylic acids is 2. The first-order chi connectivity index (χ1) is 11.5. The third-order valence-corrected chi connectivity index (χ3v) is 3.42. The molecule has 0 atom stereocenters. The average Bonchev–Trinajstić information content (AvgIpc) is 2.56. The molecule has 2 rings (SSSR count). The number of Topliss-reactive ketones (excluding diaryl/α,β-unsaturated/α-hetero) is 1. The highest BCUT2D eigenvalue weighted by Gasteiger charge is 2.20. The second kappa shape index (κ2) is 7.54.